The molecule has 1 aliphatic rings. The van der Waals surface area contributed by atoms with Crippen LogP contribution in [0, 0.1) is 16.7 Å². The van der Waals surface area contributed by atoms with Crippen molar-refractivity contribution in [1.29, 1.82) is 5.26 Å². The van der Waals surface area contributed by atoms with E-state index in [1.165, 1.54) is 0 Å². The van der Waals surface area contributed by atoms with Crippen LogP contribution in [0.3, 0.4) is 0 Å². The molecule has 2 rings (SSSR count). The second-order valence-electron chi connectivity index (χ2n) is 5.15. The molecule has 0 aromatic carbocycles. The Kier molecular flexibility index (Phi) is 4.26. The van der Waals surface area contributed by atoms with Crippen LogP contribution in [-0.4, -0.2) is 17.4 Å². The van der Waals surface area contributed by atoms with Gasteiger partial charge in [0, 0.05) is 6.54 Å². The van der Waals surface area contributed by atoms with E-state index < -0.39 is 5.41 Å². The molecule has 4 nitrogen and oxygen atoms in total. The lowest BCUT2D eigenvalue weighted by atomic mass is 9.74. The molecule has 4 heteroatoms. The monoisotopic (exact) mass is 260 g/mol. The zero-order chi connectivity index (χ0) is 13.7. The molecule has 1 fully saturated rings. The largest absolute Gasteiger partial charge is 0.467 e. The molecule has 0 atom stereocenters. The van der Waals surface area contributed by atoms with Gasteiger partial charge in [-0.15, -0.1) is 0 Å². The maximum Gasteiger partial charge on any atom is 0.243 e. The van der Waals surface area contributed by atoms with Crippen LogP contribution in [0.15, 0.2) is 22.8 Å². The van der Waals surface area contributed by atoms with Gasteiger partial charge in [-0.2, -0.15) is 5.26 Å². The fraction of sp³-hybridized carbons (Fsp3) is 0.600. The first-order valence-corrected chi connectivity index (χ1v) is 6.95. The van der Waals surface area contributed by atoms with Crippen LogP contribution in [0.1, 0.15) is 44.8 Å². The first-order valence-electron chi connectivity index (χ1n) is 6.95. The van der Waals surface area contributed by atoms with Crippen molar-refractivity contribution >= 4 is 5.91 Å². The third-order valence-corrected chi connectivity index (χ3v) is 3.93. The van der Waals surface area contributed by atoms with Crippen LogP contribution in [0.5, 0.6) is 0 Å². The summed E-state index contributed by atoms with van der Waals surface area (Å²) in [4.78, 5) is 14.4. The van der Waals surface area contributed by atoms with Gasteiger partial charge < -0.3 is 9.32 Å². The summed E-state index contributed by atoms with van der Waals surface area (Å²) in [5.41, 5.74) is -0.805. The molecule has 19 heavy (non-hydrogen) atoms. The number of rotatable bonds is 4. The summed E-state index contributed by atoms with van der Waals surface area (Å²) in [5.74, 6) is 0.729. The number of furan rings is 1. The number of amides is 1. The summed E-state index contributed by atoms with van der Waals surface area (Å²) in [6.45, 7) is 2.99. The molecule has 0 N–H and O–H groups in total. The molecule has 0 spiro atoms. The van der Waals surface area contributed by atoms with E-state index in [0.29, 0.717) is 25.9 Å². The van der Waals surface area contributed by atoms with Gasteiger partial charge in [-0.05, 0) is 31.9 Å². The molecule has 1 aromatic rings. The minimum absolute atomic E-state index is 0.0337. The minimum atomic E-state index is -0.805. The average Bonchev–Trinajstić information content (AvgIpc) is 2.97. The predicted octanol–water partition coefficient (Wildman–Crippen LogP) is 3.10. The highest BCUT2D eigenvalue weighted by molar-refractivity contribution is 5.85. The van der Waals surface area contributed by atoms with E-state index in [2.05, 4.69) is 6.07 Å². The van der Waals surface area contributed by atoms with Crippen molar-refractivity contribution in [2.24, 2.45) is 5.41 Å². The van der Waals surface area contributed by atoms with Crippen molar-refractivity contribution in [3.05, 3.63) is 24.2 Å². The van der Waals surface area contributed by atoms with Crippen LogP contribution in [0.4, 0.5) is 0 Å². The third kappa shape index (κ3) is 2.81. The van der Waals surface area contributed by atoms with Gasteiger partial charge in [-0.1, -0.05) is 19.3 Å². The van der Waals surface area contributed by atoms with Crippen molar-refractivity contribution in [2.75, 3.05) is 6.54 Å². The molecular weight excluding hydrogens is 240 g/mol. The van der Waals surface area contributed by atoms with E-state index in [1.807, 2.05) is 19.1 Å². The van der Waals surface area contributed by atoms with E-state index in [0.717, 1.165) is 25.0 Å². The third-order valence-electron chi connectivity index (χ3n) is 3.93. The zero-order valence-electron chi connectivity index (χ0n) is 11.4. The van der Waals surface area contributed by atoms with Gasteiger partial charge in [-0.25, -0.2) is 0 Å². The first-order chi connectivity index (χ1) is 9.22. The maximum atomic E-state index is 12.7. The highest BCUT2D eigenvalue weighted by atomic mass is 16.3. The Balaban J connectivity index is 2.13. The smallest absolute Gasteiger partial charge is 0.243 e. The van der Waals surface area contributed by atoms with Gasteiger partial charge in [0.2, 0.25) is 5.91 Å². The maximum absolute atomic E-state index is 12.7. The molecule has 0 unspecified atom stereocenters. The molecule has 1 amide bonds. The Morgan fingerprint density at radius 3 is 2.74 bits per heavy atom. The van der Waals surface area contributed by atoms with Crippen LogP contribution < -0.4 is 0 Å². The standard InChI is InChI=1S/C15H20N2O2/c1-2-17(11-13-7-6-10-19-13)14(18)15(12-16)8-4-3-5-9-15/h6-7,10H,2-5,8-9,11H2,1H3. The van der Waals surface area contributed by atoms with Gasteiger partial charge in [0.25, 0.3) is 0 Å². The van der Waals surface area contributed by atoms with Crippen LogP contribution in [0.25, 0.3) is 0 Å². The molecule has 0 aliphatic heterocycles. The van der Waals surface area contributed by atoms with Crippen molar-refractivity contribution in [3.63, 3.8) is 0 Å². The first kappa shape index (κ1) is 13.7. The number of nitrogens with zero attached hydrogens (tertiary/aromatic N) is 2. The van der Waals surface area contributed by atoms with E-state index in [-0.39, 0.29) is 5.91 Å². The molecule has 0 bridgehead atoms. The lowest BCUT2D eigenvalue weighted by Crippen LogP contribution is -2.44. The van der Waals surface area contributed by atoms with Crippen LogP contribution >= 0.6 is 0 Å². The van der Waals surface area contributed by atoms with Gasteiger partial charge in [-0.3, -0.25) is 4.79 Å². The molecule has 1 aromatic heterocycles. The van der Waals surface area contributed by atoms with Crippen molar-refractivity contribution in [3.8, 4) is 6.07 Å². The topological polar surface area (TPSA) is 57.2 Å². The van der Waals surface area contributed by atoms with Crippen molar-refractivity contribution in [2.45, 2.75) is 45.6 Å². The molecule has 0 radical (unpaired) electrons. The van der Waals surface area contributed by atoms with E-state index in [1.54, 1.807) is 11.2 Å². The minimum Gasteiger partial charge on any atom is -0.467 e. The van der Waals surface area contributed by atoms with Gasteiger partial charge >= 0.3 is 0 Å². The summed E-state index contributed by atoms with van der Waals surface area (Å²) >= 11 is 0. The Morgan fingerprint density at radius 2 is 2.21 bits per heavy atom. The van der Waals surface area contributed by atoms with E-state index in [4.69, 9.17) is 4.42 Å². The molecule has 1 saturated carbocycles. The van der Waals surface area contributed by atoms with Crippen LogP contribution in [0.2, 0.25) is 0 Å². The highest BCUT2D eigenvalue weighted by Gasteiger charge is 2.42. The van der Waals surface area contributed by atoms with Gasteiger partial charge in [0.15, 0.2) is 0 Å². The summed E-state index contributed by atoms with van der Waals surface area (Å²) in [6, 6.07) is 5.96. The quantitative estimate of drug-likeness (QED) is 0.835. The van der Waals surface area contributed by atoms with E-state index in [9.17, 15) is 10.1 Å². The summed E-state index contributed by atoms with van der Waals surface area (Å²) in [7, 11) is 0. The van der Waals surface area contributed by atoms with Gasteiger partial charge in [0.1, 0.15) is 11.2 Å². The second kappa shape index (κ2) is 5.92. The number of hydrogen-bond acceptors (Lipinski definition) is 3. The van der Waals surface area contributed by atoms with Gasteiger partial charge in [0.05, 0.1) is 18.9 Å². The highest BCUT2D eigenvalue weighted by Crippen LogP contribution is 2.37. The Labute approximate surface area is 114 Å². The summed E-state index contributed by atoms with van der Waals surface area (Å²) in [6.07, 6.45) is 6.05. The van der Waals surface area contributed by atoms with Crippen molar-refractivity contribution < 1.29 is 9.21 Å². The number of nitriles is 1. The lowest BCUT2D eigenvalue weighted by molar-refractivity contribution is -0.141. The molecule has 1 heterocycles. The fourth-order valence-electron chi connectivity index (χ4n) is 2.75. The van der Waals surface area contributed by atoms with E-state index >= 15 is 0 Å². The Morgan fingerprint density at radius 1 is 1.47 bits per heavy atom. The summed E-state index contributed by atoms with van der Waals surface area (Å²) in [5, 5.41) is 9.46. The number of hydrogen-bond donors (Lipinski definition) is 0. The average molecular weight is 260 g/mol. The molecule has 0 saturated heterocycles. The van der Waals surface area contributed by atoms with Crippen molar-refractivity contribution in [1.82, 2.24) is 4.90 Å². The SMILES string of the molecule is CCN(Cc1ccco1)C(=O)C1(C#N)CCCCC1. The normalized spacial score (nSPS) is 17.7. The molecule has 1 aliphatic carbocycles. The number of carbonyl (C=O) groups is 1. The predicted molar refractivity (Wildman–Crippen MR) is 70.9 cm³/mol. The second-order valence-corrected chi connectivity index (χ2v) is 5.15. The van der Waals surface area contributed by atoms with Crippen LogP contribution in [-0.2, 0) is 11.3 Å². The zero-order valence-corrected chi connectivity index (χ0v) is 11.4. The molecule has 102 valence electrons. The molecular formula is C15H20N2O2. The Hall–Kier alpha value is -1.76. The Bertz CT molecular complexity index is 453. The lowest BCUT2D eigenvalue weighted by Gasteiger charge is -2.34. The summed E-state index contributed by atoms with van der Waals surface area (Å²) < 4.78 is 5.29. The number of carbonyl (C=O) groups excluding carboxylic acids is 1. The fourth-order valence-corrected chi connectivity index (χ4v) is 2.75.